The van der Waals surface area contributed by atoms with E-state index in [1.807, 2.05) is 0 Å². The van der Waals surface area contributed by atoms with Gasteiger partial charge in [-0.1, -0.05) is 26.2 Å². The molecule has 0 saturated heterocycles. The van der Waals surface area contributed by atoms with E-state index >= 15 is 0 Å². The Balaban J connectivity index is 1.97. The summed E-state index contributed by atoms with van der Waals surface area (Å²) < 4.78 is 5.48. The topological polar surface area (TPSA) is 67.3 Å². The van der Waals surface area contributed by atoms with Crippen LogP contribution in [-0.2, 0) is 0 Å². The maximum Gasteiger partial charge on any atom is 0.218 e. The van der Waals surface area contributed by atoms with E-state index in [0.29, 0.717) is 12.5 Å². The molecule has 1 fully saturated rings. The van der Waals surface area contributed by atoms with E-state index in [1.54, 1.807) is 6.07 Å². The van der Waals surface area contributed by atoms with Crippen molar-refractivity contribution in [3.63, 3.8) is 0 Å². The fraction of sp³-hybridized carbons (Fsp3) is 0.714. The van der Waals surface area contributed by atoms with Crippen molar-refractivity contribution in [3.8, 4) is 5.88 Å². The van der Waals surface area contributed by atoms with Gasteiger partial charge in [-0.2, -0.15) is 0 Å². The van der Waals surface area contributed by atoms with Gasteiger partial charge >= 0.3 is 0 Å². The van der Waals surface area contributed by atoms with Crippen LogP contribution in [0.15, 0.2) is 12.4 Å². The molecule has 2 atom stereocenters. The third-order valence-electron chi connectivity index (χ3n) is 3.41. The van der Waals surface area contributed by atoms with Crippen molar-refractivity contribution < 1.29 is 9.84 Å². The van der Waals surface area contributed by atoms with Crippen molar-refractivity contribution in [2.45, 2.75) is 57.6 Å². The third-order valence-corrected chi connectivity index (χ3v) is 3.41. The minimum atomic E-state index is -0.294. The molecule has 0 aliphatic heterocycles. The molecule has 2 N–H and O–H groups in total. The minimum absolute atomic E-state index is 0.0800. The SMILES string of the molecule is CCCOc1cc(NC2CCCCCC2O)ncn1. The molecule has 2 unspecified atom stereocenters. The van der Waals surface area contributed by atoms with Crippen LogP contribution in [0, 0.1) is 0 Å². The first kappa shape index (κ1) is 14.1. The highest BCUT2D eigenvalue weighted by Crippen LogP contribution is 2.21. The quantitative estimate of drug-likeness (QED) is 0.800. The molecule has 1 aliphatic rings. The Morgan fingerprint density at radius 3 is 3.00 bits per heavy atom. The second-order valence-corrected chi connectivity index (χ2v) is 5.05. The number of aromatic nitrogens is 2. The number of rotatable bonds is 5. The minimum Gasteiger partial charge on any atom is -0.478 e. The highest BCUT2D eigenvalue weighted by molar-refractivity contribution is 5.38. The van der Waals surface area contributed by atoms with Crippen LogP contribution in [0.1, 0.15) is 45.4 Å². The summed E-state index contributed by atoms with van der Waals surface area (Å²) in [6.45, 7) is 2.71. The lowest BCUT2D eigenvalue weighted by Crippen LogP contribution is -2.32. The maximum atomic E-state index is 10.1. The molecule has 5 nitrogen and oxygen atoms in total. The molecule has 5 heteroatoms. The standard InChI is InChI=1S/C14H23N3O2/c1-2-8-19-14-9-13(15-10-16-14)17-11-6-4-3-5-7-12(11)18/h9-12,18H,2-8H2,1H3,(H,15,16,17). The fourth-order valence-electron chi connectivity index (χ4n) is 2.35. The van der Waals surface area contributed by atoms with Gasteiger partial charge in [0.2, 0.25) is 5.88 Å². The van der Waals surface area contributed by atoms with Crippen molar-refractivity contribution >= 4 is 5.82 Å². The first-order chi connectivity index (χ1) is 9.29. The largest absolute Gasteiger partial charge is 0.478 e. The van der Waals surface area contributed by atoms with Gasteiger partial charge in [0.1, 0.15) is 12.1 Å². The number of nitrogens with one attached hydrogen (secondary N) is 1. The number of nitrogens with zero attached hydrogens (tertiary/aromatic N) is 2. The van der Waals surface area contributed by atoms with Crippen LogP contribution in [0.2, 0.25) is 0 Å². The molecule has 106 valence electrons. The normalized spacial score (nSPS) is 23.7. The van der Waals surface area contributed by atoms with E-state index in [9.17, 15) is 5.11 Å². The Bertz CT molecular complexity index is 387. The predicted octanol–water partition coefficient (Wildman–Crippen LogP) is 2.37. The van der Waals surface area contributed by atoms with Crippen molar-refractivity contribution in [2.24, 2.45) is 0 Å². The molecule has 0 amide bonds. The van der Waals surface area contributed by atoms with Crippen LogP contribution in [-0.4, -0.2) is 33.8 Å². The predicted molar refractivity (Wildman–Crippen MR) is 74.3 cm³/mol. The van der Waals surface area contributed by atoms with Crippen molar-refractivity contribution in [3.05, 3.63) is 12.4 Å². The number of hydrogen-bond acceptors (Lipinski definition) is 5. The molecule has 2 rings (SSSR count). The first-order valence-electron chi connectivity index (χ1n) is 7.19. The van der Waals surface area contributed by atoms with Crippen LogP contribution in [0.5, 0.6) is 5.88 Å². The Labute approximate surface area is 114 Å². The molecule has 1 saturated carbocycles. The van der Waals surface area contributed by atoms with Gasteiger partial charge in [0.15, 0.2) is 0 Å². The molecular formula is C14H23N3O2. The third kappa shape index (κ3) is 4.35. The monoisotopic (exact) mass is 265 g/mol. The van der Waals surface area contributed by atoms with Crippen LogP contribution < -0.4 is 10.1 Å². The summed E-state index contributed by atoms with van der Waals surface area (Å²) in [5, 5.41) is 13.4. The zero-order valence-electron chi connectivity index (χ0n) is 11.5. The Hall–Kier alpha value is -1.36. The van der Waals surface area contributed by atoms with E-state index < -0.39 is 0 Å². The van der Waals surface area contributed by atoms with Gasteiger partial charge in [0, 0.05) is 6.07 Å². The zero-order valence-corrected chi connectivity index (χ0v) is 11.5. The van der Waals surface area contributed by atoms with Gasteiger partial charge in [-0.25, -0.2) is 9.97 Å². The number of aliphatic hydroxyl groups excluding tert-OH is 1. The summed E-state index contributed by atoms with van der Waals surface area (Å²) in [7, 11) is 0. The number of aliphatic hydroxyl groups is 1. The van der Waals surface area contributed by atoms with Gasteiger partial charge in [-0.3, -0.25) is 0 Å². The van der Waals surface area contributed by atoms with Crippen molar-refractivity contribution in [1.82, 2.24) is 9.97 Å². The summed E-state index contributed by atoms with van der Waals surface area (Å²) in [6.07, 6.45) is 7.46. The molecular weight excluding hydrogens is 242 g/mol. The highest BCUT2D eigenvalue weighted by Gasteiger charge is 2.21. The molecule has 19 heavy (non-hydrogen) atoms. The molecule has 1 aliphatic carbocycles. The van der Waals surface area contributed by atoms with E-state index in [4.69, 9.17) is 4.74 Å². The van der Waals surface area contributed by atoms with Gasteiger partial charge in [0.25, 0.3) is 0 Å². The van der Waals surface area contributed by atoms with Gasteiger partial charge < -0.3 is 15.2 Å². The number of hydrogen-bond donors (Lipinski definition) is 2. The lowest BCUT2D eigenvalue weighted by molar-refractivity contribution is 0.144. The summed E-state index contributed by atoms with van der Waals surface area (Å²) in [6, 6.07) is 1.88. The molecule has 0 spiro atoms. The van der Waals surface area contributed by atoms with Crippen molar-refractivity contribution in [1.29, 1.82) is 0 Å². The Morgan fingerprint density at radius 2 is 2.16 bits per heavy atom. The second kappa shape index (κ2) is 7.28. The zero-order chi connectivity index (χ0) is 13.5. The van der Waals surface area contributed by atoms with E-state index in [2.05, 4.69) is 22.2 Å². The van der Waals surface area contributed by atoms with Crippen LogP contribution in [0.25, 0.3) is 0 Å². The lowest BCUT2D eigenvalue weighted by Gasteiger charge is -2.22. The van der Waals surface area contributed by atoms with Crippen LogP contribution >= 0.6 is 0 Å². The summed E-state index contributed by atoms with van der Waals surface area (Å²) in [4.78, 5) is 8.27. The fourth-order valence-corrected chi connectivity index (χ4v) is 2.35. The average Bonchev–Trinajstić information content (AvgIpc) is 2.62. The van der Waals surface area contributed by atoms with E-state index in [-0.39, 0.29) is 12.1 Å². The maximum absolute atomic E-state index is 10.1. The van der Waals surface area contributed by atoms with Crippen molar-refractivity contribution in [2.75, 3.05) is 11.9 Å². The number of anilines is 1. The summed E-state index contributed by atoms with van der Waals surface area (Å²) >= 11 is 0. The molecule has 1 aromatic heterocycles. The van der Waals surface area contributed by atoms with Gasteiger partial charge in [-0.05, 0) is 19.3 Å². The van der Waals surface area contributed by atoms with Gasteiger partial charge in [-0.15, -0.1) is 0 Å². The molecule has 0 bridgehead atoms. The van der Waals surface area contributed by atoms with E-state index in [1.165, 1.54) is 12.7 Å². The van der Waals surface area contributed by atoms with Crippen LogP contribution in [0.3, 0.4) is 0 Å². The summed E-state index contributed by atoms with van der Waals surface area (Å²) in [5.74, 6) is 1.31. The van der Waals surface area contributed by atoms with E-state index in [0.717, 1.165) is 37.9 Å². The highest BCUT2D eigenvalue weighted by atomic mass is 16.5. The molecule has 0 radical (unpaired) electrons. The lowest BCUT2D eigenvalue weighted by atomic mass is 10.1. The molecule has 0 aromatic carbocycles. The Morgan fingerprint density at radius 1 is 1.32 bits per heavy atom. The van der Waals surface area contributed by atoms with Crippen LogP contribution in [0.4, 0.5) is 5.82 Å². The van der Waals surface area contributed by atoms with Gasteiger partial charge in [0.05, 0.1) is 18.8 Å². The molecule has 1 aromatic rings. The first-order valence-corrected chi connectivity index (χ1v) is 7.19. The average molecular weight is 265 g/mol. The molecule has 1 heterocycles. The summed E-state index contributed by atoms with van der Waals surface area (Å²) in [5.41, 5.74) is 0. The number of ether oxygens (including phenoxy) is 1. The smallest absolute Gasteiger partial charge is 0.218 e. The Kier molecular flexibility index (Phi) is 5.39. The second-order valence-electron chi connectivity index (χ2n) is 5.05.